The predicted molar refractivity (Wildman–Crippen MR) is 62.4 cm³/mol. The number of hydrogen-bond acceptors (Lipinski definition) is 0. The van der Waals surface area contributed by atoms with E-state index in [2.05, 4.69) is 38.3 Å². The van der Waals surface area contributed by atoms with Gasteiger partial charge in [0.05, 0.1) is 0 Å². The van der Waals surface area contributed by atoms with Gasteiger partial charge < -0.3 is 0 Å². The van der Waals surface area contributed by atoms with Crippen molar-refractivity contribution >= 4 is 6.08 Å². The van der Waals surface area contributed by atoms with Gasteiger partial charge in [0.15, 0.2) is 0 Å². The lowest BCUT2D eigenvalue weighted by atomic mass is 9.80. The summed E-state index contributed by atoms with van der Waals surface area (Å²) in [7, 11) is 0. The zero-order valence-corrected chi connectivity index (χ0v) is 8.72. The van der Waals surface area contributed by atoms with E-state index >= 15 is 0 Å². The van der Waals surface area contributed by atoms with Crippen molar-refractivity contribution < 1.29 is 0 Å². The molecule has 2 rings (SSSR count). The van der Waals surface area contributed by atoms with Gasteiger partial charge in [-0.2, -0.15) is 0 Å². The van der Waals surface area contributed by atoms with E-state index in [9.17, 15) is 0 Å². The van der Waals surface area contributed by atoms with Gasteiger partial charge in [-0.15, -0.1) is 0 Å². The minimum absolute atomic E-state index is 0.526. The van der Waals surface area contributed by atoms with Gasteiger partial charge in [0.25, 0.3) is 0 Å². The molecule has 0 saturated heterocycles. The van der Waals surface area contributed by atoms with Crippen molar-refractivity contribution in [1.82, 2.24) is 0 Å². The molecule has 0 aliphatic heterocycles. The van der Waals surface area contributed by atoms with Crippen molar-refractivity contribution in [2.24, 2.45) is 0 Å². The van der Waals surface area contributed by atoms with Crippen molar-refractivity contribution in [1.29, 1.82) is 0 Å². The Bertz CT molecular complexity index is 385. The van der Waals surface area contributed by atoms with Crippen molar-refractivity contribution in [2.75, 3.05) is 0 Å². The highest BCUT2D eigenvalue weighted by molar-refractivity contribution is 5.52. The molecule has 1 unspecified atom stereocenters. The summed E-state index contributed by atoms with van der Waals surface area (Å²) in [4.78, 5) is 0. The third-order valence-electron chi connectivity index (χ3n) is 3.20. The van der Waals surface area contributed by atoms with Gasteiger partial charge in [-0.25, -0.2) is 0 Å². The van der Waals surface area contributed by atoms with Crippen LogP contribution in [0.15, 0.2) is 36.9 Å². The summed E-state index contributed by atoms with van der Waals surface area (Å²) in [6.07, 6.45) is 4.18. The molecule has 0 nitrogen and oxygen atoms in total. The van der Waals surface area contributed by atoms with Gasteiger partial charge in [-0.3, -0.25) is 0 Å². The Kier molecular flexibility index (Phi) is 2.28. The van der Waals surface area contributed by atoms with Crippen LogP contribution in [0.3, 0.4) is 0 Å². The molecule has 1 atom stereocenters. The minimum Gasteiger partial charge on any atom is -0.0992 e. The molecule has 72 valence electrons. The van der Waals surface area contributed by atoms with Crippen LogP contribution in [0, 0.1) is 0 Å². The van der Waals surface area contributed by atoms with Gasteiger partial charge in [0, 0.05) is 5.92 Å². The summed E-state index contributed by atoms with van der Waals surface area (Å²) < 4.78 is 0. The van der Waals surface area contributed by atoms with E-state index in [1.54, 1.807) is 0 Å². The fourth-order valence-electron chi connectivity index (χ4n) is 2.12. The molecule has 0 aromatic heterocycles. The standard InChI is InChI=1S/C14H16/c1-4-12-6-8-14-11(3)10(2)5-7-13(14)9-12/h4,6,8-9,11H,1-2,5,7H2,3H3. The second-order valence-electron chi connectivity index (χ2n) is 4.04. The Morgan fingerprint density at radius 2 is 2.14 bits per heavy atom. The van der Waals surface area contributed by atoms with Gasteiger partial charge >= 0.3 is 0 Å². The smallest absolute Gasteiger partial charge is 0.00199 e. The molecule has 0 heteroatoms. The lowest BCUT2D eigenvalue weighted by Crippen LogP contribution is -2.09. The molecule has 1 aliphatic carbocycles. The lowest BCUT2D eigenvalue weighted by Gasteiger charge is -2.25. The number of hydrogen-bond donors (Lipinski definition) is 0. The van der Waals surface area contributed by atoms with Crippen molar-refractivity contribution in [3.63, 3.8) is 0 Å². The largest absolute Gasteiger partial charge is 0.0992 e. The Morgan fingerprint density at radius 3 is 2.86 bits per heavy atom. The number of fused-ring (bicyclic) bond motifs is 1. The van der Waals surface area contributed by atoms with Crippen LogP contribution < -0.4 is 0 Å². The first-order valence-corrected chi connectivity index (χ1v) is 5.15. The average Bonchev–Trinajstić information content (AvgIpc) is 2.23. The monoisotopic (exact) mass is 184 g/mol. The molecule has 0 fully saturated rings. The van der Waals surface area contributed by atoms with Gasteiger partial charge in [-0.05, 0) is 29.5 Å². The first-order valence-electron chi connectivity index (χ1n) is 5.15. The predicted octanol–water partition coefficient (Wildman–Crippen LogP) is 3.94. The fourth-order valence-corrected chi connectivity index (χ4v) is 2.12. The molecular weight excluding hydrogens is 168 g/mol. The molecule has 0 spiro atoms. The highest BCUT2D eigenvalue weighted by Gasteiger charge is 2.18. The maximum absolute atomic E-state index is 4.12. The van der Waals surface area contributed by atoms with Crippen molar-refractivity contribution in [3.05, 3.63) is 53.6 Å². The number of aryl methyl sites for hydroxylation is 1. The van der Waals surface area contributed by atoms with Crippen LogP contribution in [0.1, 0.15) is 36.0 Å². The summed E-state index contributed by atoms with van der Waals surface area (Å²) in [5, 5.41) is 0. The van der Waals surface area contributed by atoms with E-state index in [4.69, 9.17) is 0 Å². The number of rotatable bonds is 1. The second kappa shape index (κ2) is 3.45. The fraction of sp³-hybridized carbons (Fsp3) is 0.286. The lowest BCUT2D eigenvalue weighted by molar-refractivity contribution is 0.741. The maximum atomic E-state index is 4.12. The minimum atomic E-state index is 0.526. The van der Waals surface area contributed by atoms with Gasteiger partial charge in [0.2, 0.25) is 0 Å². The van der Waals surface area contributed by atoms with Crippen LogP contribution >= 0.6 is 0 Å². The number of allylic oxidation sites excluding steroid dienone is 1. The van der Waals surface area contributed by atoms with Crippen LogP contribution in [0.25, 0.3) is 6.08 Å². The molecule has 0 N–H and O–H groups in total. The molecule has 0 radical (unpaired) electrons. The molecule has 0 saturated carbocycles. The topological polar surface area (TPSA) is 0 Å². The molecule has 0 amide bonds. The molecule has 1 aliphatic rings. The third-order valence-corrected chi connectivity index (χ3v) is 3.20. The molecule has 1 aromatic rings. The van der Waals surface area contributed by atoms with E-state index < -0.39 is 0 Å². The Labute approximate surface area is 86.0 Å². The zero-order chi connectivity index (χ0) is 10.1. The molecule has 14 heavy (non-hydrogen) atoms. The summed E-state index contributed by atoms with van der Waals surface area (Å²) in [5.41, 5.74) is 5.52. The van der Waals surface area contributed by atoms with Gasteiger partial charge in [0.1, 0.15) is 0 Å². The zero-order valence-electron chi connectivity index (χ0n) is 8.72. The van der Waals surface area contributed by atoms with Gasteiger partial charge in [-0.1, -0.05) is 49.9 Å². The van der Waals surface area contributed by atoms with Crippen LogP contribution in [0.4, 0.5) is 0 Å². The van der Waals surface area contributed by atoms with Crippen molar-refractivity contribution in [3.8, 4) is 0 Å². The maximum Gasteiger partial charge on any atom is 0.00199 e. The summed E-state index contributed by atoms with van der Waals surface area (Å²) in [6, 6.07) is 6.62. The Morgan fingerprint density at radius 1 is 1.36 bits per heavy atom. The molecule has 1 aromatic carbocycles. The van der Waals surface area contributed by atoms with Crippen LogP contribution in [0.2, 0.25) is 0 Å². The van der Waals surface area contributed by atoms with Crippen molar-refractivity contribution in [2.45, 2.75) is 25.7 Å². The summed E-state index contributed by atoms with van der Waals surface area (Å²) >= 11 is 0. The SMILES string of the molecule is C=Cc1ccc2c(c1)CCC(=C)C2C. The second-order valence-corrected chi connectivity index (χ2v) is 4.04. The van der Waals surface area contributed by atoms with Crippen LogP contribution in [-0.4, -0.2) is 0 Å². The van der Waals surface area contributed by atoms with Crippen LogP contribution in [0.5, 0.6) is 0 Å². The first kappa shape index (κ1) is 9.26. The first-order chi connectivity index (χ1) is 6.72. The Balaban J connectivity index is 2.48. The number of benzene rings is 1. The van der Waals surface area contributed by atoms with E-state index in [0.29, 0.717) is 5.92 Å². The summed E-state index contributed by atoms with van der Waals surface area (Å²) in [6.45, 7) is 10.2. The highest BCUT2D eigenvalue weighted by Crippen LogP contribution is 2.34. The molecule has 0 heterocycles. The van der Waals surface area contributed by atoms with E-state index in [1.807, 2.05) is 6.08 Å². The highest BCUT2D eigenvalue weighted by atomic mass is 14.2. The van der Waals surface area contributed by atoms with E-state index in [-0.39, 0.29) is 0 Å². The van der Waals surface area contributed by atoms with E-state index in [0.717, 1.165) is 12.8 Å². The third kappa shape index (κ3) is 1.41. The molecule has 0 bridgehead atoms. The normalized spacial score (nSPS) is 20.4. The molecular formula is C14H16. The quantitative estimate of drug-likeness (QED) is 0.580. The Hall–Kier alpha value is -1.30. The van der Waals surface area contributed by atoms with E-state index in [1.165, 1.54) is 22.3 Å². The summed E-state index contributed by atoms with van der Waals surface area (Å²) in [5.74, 6) is 0.526. The van der Waals surface area contributed by atoms with Crippen LogP contribution in [-0.2, 0) is 6.42 Å². The average molecular weight is 184 g/mol.